The van der Waals surface area contributed by atoms with Crippen LogP contribution in [0.2, 0.25) is 5.15 Å². The van der Waals surface area contributed by atoms with Crippen molar-refractivity contribution >= 4 is 11.6 Å². The summed E-state index contributed by atoms with van der Waals surface area (Å²) in [5.74, 6) is 1.26. The van der Waals surface area contributed by atoms with Crippen LogP contribution in [0.25, 0.3) is 11.3 Å². The normalized spacial score (nSPS) is 9.95. The second kappa shape index (κ2) is 5.81. The maximum Gasteiger partial charge on any atom is 0.161 e. The van der Waals surface area contributed by atoms with Gasteiger partial charge in [-0.2, -0.15) is 5.26 Å². The predicted octanol–water partition coefficient (Wildman–Crippen LogP) is 3.60. The summed E-state index contributed by atoms with van der Waals surface area (Å²) in [4.78, 5) is 4.25. The Bertz CT molecular complexity index is 670. The molecule has 0 aliphatic carbocycles. The molecular weight excluding hydrogens is 276 g/mol. The van der Waals surface area contributed by atoms with Crippen molar-refractivity contribution in [2.24, 2.45) is 0 Å². The van der Waals surface area contributed by atoms with E-state index in [4.69, 9.17) is 26.3 Å². The fourth-order valence-electron chi connectivity index (χ4n) is 1.91. The summed E-state index contributed by atoms with van der Waals surface area (Å²) in [6, 6.07) is 9.36. The molecule has 5 heteroatoms. The number of methoxy groups -OCH3 is 2. The van der Waals surface area contributed by atoms with E-state index in [1.54, 1.807) is 20.3 Å². The highest BCUT2D eigenvalue weighted by Crippen LogP contribution is 2.33. The van der Waals surface area contributed by atoms with Crippen molar-refractivity contribution in [1.82, 2.24) is 4.98 Å². The van der Waals surface area contributed by atoms with Crippen molar-refractivity contribution in [1.29, 1.82) is 5.26 Å². The zero-order chi connectivity index (χ0) is 14.7. The van der Waals surface area contributed by atoms with Crippen LogP contribution in [0.3, 0.4) is 0 Å². The lowest BCUT2D eigenvalue weighted by molar-refractivity contribution is 0.355. The van der Waals surface area contributed by atoms with Crippen LogP contribution >= 0.6 is 11.6 Å². The van der Waals surface area contributed by atoms with Crippen molar-refractivity contribution in [2.45, 2.75) is 6.92 Å². The second-order valence-corrected chi connectivity index (χ2v) is 4.53. The third kappa shape index (κ3) is 2.54. The molecule has 1 aromatic carbocycles. The van der Waals surface area contributed by atoms with Crippen LogP contribution in [0.5, 0.6) is 11.5 Å². The molecule has 0 unspecified atom stereocenters. The molecule has 0 saturated carbocycles. The number of benzene rings is 1. The Hall–Kier alpha value is -2.25. The predicted molar refractivity (Wildman–Crippen MR) is 77.2 cm³/mol. The molecule has 0 saturated heterocycles. The first-order valence-corrected chi connectivity index (χ1v) is 6.28. The van der Waals surface area contributed by atoms with E-state index in [9.17, 15) is 0 Å². The number of halogens is 1. The summed E-state index contributed by atoms with van der Waals surface area (Å²) in [5, 5.41) is 9.21. The lowest BCUT2D eigenvalue weighted by atomic mass is 10.1. The zero-order valence-electron chi connectivity index (χ0n) is 11.4. The highest BCUT2D eigenvalue weighted by atomic mass is 35.5. The Morgan fingerprint density at radius 1 is 1.15 bits per heavy atom. The lowest BCUT2D eigenvalue weighted by Gasteiger charge is -2.10. The van der Waals surface area contributed by atoms with Crippen molar-refractivity contribution in [3.05, 3.63) is 40.5 Å². The van der Waals surface area contributed by atoms with E-state index >= 15 is 0 Å². The first kappa shape index (κ1) is 14.2. The molecule has 0 amide bonds. The van der Waals surface area contributed by atoms with Gasteiger partial charge in [0, 0.05) is 5.56 Å². The quantitative estimate of drug-likeness (QED) is 0.810. The summed E-state index contributed by atoms with van der Waals surface area (Å²) in [7, 11) is 3.16. The van der Waals surface area contributed by atoms with Gasteiger partial charge in [0.25, 0.3) is 0 Å². The summed E-state index contributed by atoms with van der Waals surface area (Å²) in [6.07, 6.45) is 0. The van der Waals surface area contributed by atoms with Crippen LogP contribution in [0.1, 0.15) is 11.1 Å². The third-order valence-electron chi connectivity index (χ3n) is 2.96. The number of aryl methyl sites for hydroxylation is 1. The fraction of sp³-hybridized carbons (Fsp3) is 0.200. The van der Waals surface area contributed by atoms with Crippen molar-refractivity contribution in [3.63, 3.8) is 0 Å². The van der Waals surface area contributed by atoms with Crippen LogP contribution in [-0.2, 0) is 0 Å². The number of hydrogen-bond donors (Lipinski definition) is 0. The summed E-state index contributed by atoms with van der Waals surface area (Å²) in [6.45, 7) is 1.83. The van der Waals surface area contributed by atoms with Crippen LogP contribution in [0.15, 0.2) is 24.3 Å². The van der Waals surface area contributed by atoms with Crippen LogP contribution in [0, 0.1) is 18.3 Å². The Morgan fingerprint density at radius 2 is 1.85 bits per heavy atom. The molecule has 0 bridgehead atoms. The highest BCUT2D eigenvalue weighted by Gasteiger charge is 2.11. The molecule has 0 aliphatic heterocycles. The second-order valence-electron chi connectivity index (χ2n) is 4.17. The van der Waals surface area contributed by atoms with Gasteiger partial charge in [-0.05, 0) is 36.8 Å². The van der Waals surface area contributed by atoms with Gasteiger partial charge in [0.1, 0.15) is 11.2 Å². The van der Waals surface area contributed by atoms with Gasteiger partial charge in [-0.25, -0.2) is 4.98 Å². The smallest absolute Gasteiger partial charge is 0.161 e. The standard InChI is InChI=1S/C15H13ClN2O2/c1-9-6-12(18-15(16)11(9)8-17)10-4-5-13(19-2)14(7-10)20-3/h4-7H,1-3H3. The maximum atomic E-state index is 9.00. The van der Waals surface area contributed by atoms with Gasteiger partial charge in [-0.15, -0.1) is 0 Å². The van der Waals surface area contributed by atoms with Gasteiger partial charge < -0.3 is 9.47 Å². The maximum absolute atomic E-state index is 9.00. The molecule has 1 heterocycles. The molecule has 0 N–H and O–H groups in total. The number of rotatable bonds is 3. The summed E-state index contributed by atoms with van der Waals surface area (Å²) < 4.78 is 10.5. The number of aromatic nitrogens is 1. The van der Waals surface area contributed by atoms with E-state index < -0.39 is 0 Å². The molecule has 20 heavy (non-hydrogen) atoms. The molecule has 2 aromatic rings. The number of hydrogen-bond acceptors (Lipinski definition) is 4. The minimum atomic E-state index is 0.206. The Kier molecular flexibility index (Phi) is 4.11. The summed E-state index contributed by atoms with van der Waals surface area (Å²) in [5.41, 5.74) is 2.72. The monoisotopic (exact) mass is 288 g/mol. The van der Waals surface area contributed by atoms with E-state index in [0.29, 0.717) is 22.8 Å². The molecule has 2 rings (SSSR count). The van der Waals surface area contributed by atoms with Gasteiger partial charge in [0.15, 0.2) is 11.5 Å². The SMILES string of the molecule is COc1ccc(-c2cc(C)c(C#N)c(Cl)n2)cc1OC. The zero-order valence-corrected chi connectivity index (χ0v) is 12.2. The Morgan fingerprint density at radius 3 is 2.40 bits per heavy atom. The molecule has 0 radical (unpaired) electrons. The lowest BCUT2D eigenvalue weighted by Crippen LogP contribution is -1.94. The third-order valence-corrected chi connectivity index (χ3v) is 3.24. The average Bonchev–Trinajstić information content (AvgIpc) is 2.46. The molecule has 4 nitrogen and oxygen atoms in total. The molecule has 0 fully saturated rings. The van der Waals surface area contributed by atoms with Gasteiger partial charge in [0.2, 0.25) is 0 Å². The number of ether oxygens (including phenoxy) is 2. The van der Waals surface area contributed by atoms with Gasteiger partial charge >= 0.3 is 0 Å². The molecule has 0 spiro atoms. The summed E-state index contributed by atoms with van der Waals surface area (Å²) >= 11 is 6.03. The van der Waals surface area contributed by atoms with Crippen LogP contribution < -0.4 is 9.47 Å². The number of nitrogens with zero attached hydrogens (tertiary/aromatic N) is 2. The first-order chi connectivity index (χ1) is 9.60. The van der Waals surface area contributed by atoms with E-state index in [0.717, 1.165) is 11.1 Å². The van der Waals surface area contributed by atoms with E-state index in [1.165, 1.54) is 0 Å². The number of pyridine rings is 1. The first-order valence-electron chi connectivity index (χ1n) is 5.90. The molecular formula is C15H13ClN2O2. The highest BCUT2D eigenvalue weighted by molar-refractivity contribution is 6.30. The van der Waals surface area contributed by atoms with E-state index in [2.05, 4.69) is 4.98 Å². The molecule has 1 aromatic heterocycles. The average molecular weight is 289 g/mol. The Balaban J connectivity index is 2.55. The van der Waals surface area contributed by atoms with Crippen molar-refractivity contribution in [3.8, 4) is 28.8 Å². The van der Waals surface area contributed by atoms with Gasteiger partial charge in [-0.3, -0.25) is 0 Å². The van der Waals surface area contributed by atoms with E-state index in [1.807, 2.05) is 31.2 Å². The van der Waals surface area contributed by atoms with Gasteiger partial charge in [-0.1, -0.05) is 11.6 Å². The van der Waals surface area contributed by atoms with Crippen molar-refractivity contribution < 1.29 is 9.47 Å². The van der Waals surface area contributed by atoms with Gasteiger partial charge in [0.05, 0.1) is 25.5 Å². The molecule has 0 aliphatic rings. The van der Waals surface area contributed by atoms with Crippen LogP contribution in [0.4, 0.5) is 0 Å². The molecule has 102 valence electrons. The fourth-order valence-corrected chi connectivity index (χ4v) is 2.19. The van der Waals surface area contributed by atoms with Crippen molar-refractivity contribution in [2.75, 3.05) is 14.2 Å². The van der Waals surface area contributed by atoms with Crippen LogP contribution in [-0.4, -0.2) is 19.2 Å². The molecule has 0 atom stereocenters. The number of nitriles is 1. The largest absolute Gasteiger partial charge is 0.493 e. The topological polar surface area (TPSA) is 55.1 Å². The minimum absolute atomic E-state index is 0.206. The Labute approximate surface area is 122 Å². The van der Waals surface area contributed by atoms with E-state index in [-0.39, 0.29) is 5.15 Å². The minimum Gasteiger partial charge on any atom is -0.493 e.